The Hall–Kier alpha value is -2.30. The largest absolute Gasteiger partial charge is 0.374 e. The average molecular weight is 392 g/mol. The van der Waals surface area contributed by atoms with E-state index in [1.807, 2.05) is 0 Å². The quantitative estimate of drug-likeness (QED) is 0.841. The maximum absolute atomic E-state index is 14.2. The second-order valence-electron chi connectivity index (χ2n) is 7.55. The number of ether oxygens (including phenoxy) is 1. The van der Waals surface area contributed by atoms with Gasteiger partial charge in [-0.2, -0.15) is 5.10 Å². The zero-order valence-corrected chi connectivity index (χ0v) is 14.9. The summed E-state index contributed by atoms with van der Waals surface area (Å²) in [7, 11) is 0. The Morgan fingerprint density at radius 3 is 2.89 bits per heavy atom. The van der Waals surface area contributed by atoms with Crippen molar-refractivity contribution in [2.75, 3.05) is 6.61 Å². The number of hydrogen-bond donors (Lipinski definition) is 1. The number of rotatable bonds is 2. The van der Waals surface area contributed by atoms with Crippen molar-refractivity contribution in [3.63, 3.8) is 0 Å². The Morgan fingerprint density at radius 2 is 2.07 bits per heavy atom. The smallest absolute Gasteiger partial charge is 0.163 e. The van der Waals surface area contributed by atoms with Crippen molar-refractivity contribution in [1.29, 1.82) is 0 Å². The molecule has 2 aliphatic heterocycles. The Bertz CT molecular complexity index is 989. The van der Waals surface area contributed by atoms with Gasteiger partial charge in [0.2, 0.25) is 0 Å². The lowest BCUT2D eigenvalue weighted by Gasteiger charge is -2.41. The first kappa shape index (κ1) is 17.8. The molecule has 148 valence electrons. The van der Waals surface area contributed by atoms with E-state index in [0.717, 1.165) is 16.9 Å². The van der Waals surface area contributed by atoms with Gasteiger partial charge in [0, 0.05) is 49.2 Å². The SMILES string of the molecule is NC1CC(N2Cc3nn4cncnc4c3C2)CO[C@@H]1C1CC(F)=C(F)C=C1F. The highest BCUT2D eigenvalue weighted by Crippen LogP contribution is 2.38. The molecule has 3 aliphatic rings. The predicted molar refractivity (Wildman–Crippen MR) is 92.7 cm³/mol. The van der Waals surface area contributed by atoms with E-state index >= 15 is 0 Å². The molecule has 1 aliphatic carbocycles. The van der Waals surface area contributed by atoms with E-state index in [4.69, 9.17) is 10.5 Å². The molecule has 1 saturated heterocycles. The van der Waals surface area contributed by atoms with Gasteiger partial charge < -0.3 is 10.5 Å². The minimum Gasteiger partial charge on any atom is -0.374 e. The van der Waals surface area contributed by atoms with Crippen molar-refractivity contribution in [2.24, 2.45) is 11.7 Å². The number of halogens is 3. The highest BCUT2D eigenvalue weighted by molar-refractivity contribution is 5.50. The molecular formula is C18H19F3N6O. The fraction of sp³-hybridized carbons (Fsp3) is 0.500. The fourth-order valence-electron chi connectivity index (χ4n) is 4.40. The monoisotopic (exact) mass is 392 g/mol. The molecule has 2 N–H and O–H groups in total. The maximum Gasteiger partial charge on any atom is 0.163 e. The standard InChI is InChI=1S/C18H19F3N6O/c19-12-3-14(21)13(20)2-10(12)17-15(22)1-9(6-28-17)26-4-11-16(5-26)25-27-8-23-7-24-18(11)27/h3,7-10,15,17H,1-2,4-6,22H2/t9?,10?,15?,17-/m1/s1. The van der Waals surface area contributed by atoms with Gasteiger partial charge in [0.25, 0.3) is 0 Å². The van der Waals surface area contributed by atoms with Crippen LogP contribution in [0.5, 0.6) is 0 Å². The van der Waals surface area contributed by atoms with Crippen molar-refractivity contribution >= 4 is 5.65 Å². The summed E-state index contributed by atoms with van der Waals surface area (Å²) in [6.07, 6.45) is 3.25. The van der Waals surface area contributed by atoms with Crippen molar-refractivity contribution in [3.8, 4) is 0 Å². The van der Waals surface area contributed by atoms with E-state index in [2.05, 4.69) is 20.0 Å². The Balaban J connectivity index is 1.27. The lowest BCUT2D eigenvalue weighted by atomic mass is 9.84. The fourth-order valence-corrected chi connectivity index (χ4v) is 4.40. The molecule has 4 heterocycles. The Kier molecular flexibility index (Phi) is 4.22. The molecule has 0 saturated carbocycles. The summed E-state index contributed by atoms with van der Waals surface area (Å²) in [5.41, 5.74) is 9.05. The third kappa shape index (κ3) is 2.83. The molecule has 28 heavy (non-hydrogen) atoms. The zero-order chi connectivity index (χ0) is 19.4. The van der Waals surface area contributed by atoms with E-state index in [0.29, 0.717) is 32.2 Å². The van der Waals surface area contributed by atoms with E-state index in [-0.39, 0.29) is 12.5 Å². The van der Waals surface area contributed by atoms with Crippen LogP contribution in [0.2, 0.25) is 0 Å². The van der Waals surface area contributed by atoms with Crippen molar-refractivity contribution < 1.29 is 17.9 Å². The van der Waals surface area contributed by atoms with E-state index < -0.39 is 35.5 Å². The van der Waals surface area contributed by atoms with Crippen LogP contribution in [0, 0.1) is 5.92 Å². The number of fused-ring (bicyclic) bond motifs is 3. The van der Waals surface area contributed by atoms with Gasteiger partial charge >= 0.3 is 0 Å². The molecule has 3 unspecified atom stereocenters. The van der Waals surface area contributed by atoms with E-state index in [9.17, 15) is 13.2 Å². The second-order valence-corrected chi connectivity index (χ2v) is 7.55. The van der Waals surface area contributed by atoms with Crippen LogP contribution < -0.4 is 5.73 Å². The Labute approximate surface area is 158 Å². The summed E-state index contributed by atoms with van der Waals surface area (Å²) in [5.74, 6) is -3.71. The lowest BCUT2D eigenvalue weighted by molar-refractivity contribution is -0.0731. The molecular weight excluding hydrogens is 373 g/mol. The first-order valence-electron chi connectivity index (χ1n) is 9.20. The number of nitrogens with two attached hydrogens (primary N) is 1. The van der Waals surface area contributed by atoms with Crippen LogP contribution in [0.15, 0.2) is 36.2 Å². The molecule has 1 fully saturated rings. The van der Waals surface area contributed by atoms with Crippen LogP contribution in [-0.2, 0) is 17.8 Å². The summed E-state index contributed by atoms with van der Waals surface area (Å²) in [6.45, 7) is 1.66. The van der Waals surface area contributed by atoms with Crippen molar-refractivity contribution in [1.82, 2.24) is 24.5 Å². The van der Waals surface area contributed by atoms with Crippen LogP contribution in [0.4, 0.5) is 13.2 Å². The normalized spacial score (nSPS) is 31.4. The summed E-state index contributed by atoms with van der Waals surface area (Å²) < 4.78 is 48.5. The molecule has 0 spiro atoms. The molecule has 0 amide bonds. The van der Waals surface area contributed by atoms with Gasteiger partial charge in [-0.15, -0.1) is 0 Å². The minimum atomic E-state index is -1.15. The van der Waals surface area contributed by atoms with E-state index in [1.54, 1.807) is 10.8 Å². The van der Waals surface area contributed by atoms with Gasteiger partial charge in [-0.05, 0) is 6.42 Å². The van der Waals surface area contributed by atoms with Gasteiger partial charge in [0.15, 0.2) is 11.5 Å². The van der Waals surface area contributed by atoms with Gasteiger partial charge in [-0.1, -0.05) is 0 Å². The van der Waals surface area contributed by atoms with Crippen LogP contribution in [0.25, 0.3) is 5.65 Å². The highest BCUT2D eigenvalue weighted by atomic mass is 19.2. The molecule has 0 radical (unpaired) electrons. The topological polar surface area (TPSA) is 81.6 Å². The number of allylic oxidation sites excluding steroid dienone is 3. The number of nitrogens with zero attached hydrogens (tertiary/aromatic N) is 5. The summed E-state index contributed by atoms with van der Waals surface area (Å²) in [4.78, 5) is 10.5. The first-order valence-corrected chi connectivity index (χ1v) is 9.20. The van der Waals surface area contributed by atoms with Crippen molar-refractivity contribution in [2.45, 2.75) is 44.1 Å². The molecule has 2 aromatic rings. The molecule has 0 bridgehead atoms. The lowest BCUT2D eigenvalue weighted by Crippen LogP contribution is -2.53. The van der Waals surface area contributed by atoms with Crippen LogP contribution in [0.3, 0.4) is 0 Å². The van der Waals surface area contributed by atoms with E-state index in [1.165, 1.54) is 6.33 Å². The highest BCUT2D eigenvalue weighted by Gasteiger charge is 2.42. The molecule has 7 nitrogen and oxygen atoms in total. The Morgan fingerprint density at radius 1 is 1.21 bits per heavy atom. The summed E-state index contributed by atoms with van der Waals surface area (Å²) in [6, 6.07) is -0.441. The minimum absolute atomic E-state index is 0.0371. The third-order valence-corrected chi connectivity index (χ3v) is 5.84. The first-order chi connectivity index (χ1) is 13.5. The molecule has 2 aromatic heterocycles. The maximum atomic E-state index is 14.2. The summed E-state index contributed by atoms with van der Waals surface area (Å²) >= 11 is 0. The third-order valence-electron chi connectivity index (χ3n) is 5.84. The van der Waals surface area contributed by atoms with Gasteiger partial charge in [-0.25, -0.2) is 27.7 Å². The van der Waals surface area contributed by atoms with Crippen LogP contribution >= 0.6 is 0 Å². The average Bonchev–Trinajstić information content (AvgIpc) is 3.23. The van der Waals surface area contributed by atoms with Crippen LogP contribution in [-0.4, -0.2) is 49.3 Å². The van der Waals surface area contributed by atoms with Crippen molar-refractivity contribution in [3.05, 3.63) is 47.5 Å². The molecule has 0 aromatic carbocycles. The summed E-state index contributed by atoms with van der Waals surface area (Å²) in [5, 5.41) is 4.51. The number of aromatic nitrogens is 4. The van der Waals surface area contributed by atoms with Gasteiger partial charge in [-0.3, -0.25) is 4.90 Å². The molecule has 4 atom stereocenters. The molecule has 5 rings (SSSR count). The number of hydrogen-bond acceptors (Lipinski definition) is 6. The molecule has 10 heteroatoms. The predicted octanol–water partition coefficient (Wildman–Crippen LogP) is 1.95. The van der Waals surface area contributed by atoms with Gasteiger partial charge in [0.05, 0.1) is 18.4 Å². The second kappa shape index (κ2) is 6.64. The van der Waals surface area contributed by atoms with Gasteiger partial charge in [0.1, 0.15) is 24.3 Å². The van der Waals surface area contributed by atoms with Crippen LogP contribution in [0.1, 0.15) is 24.1 Å². The zero-order valence-electron chi connectivity index (χ0n) is 14.9.